The van der Waals surface area contributed by atoms with Crippen LogP contribution in [-0.2, 0) is 26.2 Å². The van der Waals surface area contributed by atoms with Crippen molar-refractivity contribution in [2.24, 2.45) is 11.5 Å². The molecule has 0 aromatic heterocycles. The molecule has 2 saturated carbocycles. The maximum absolute atomic E-state index is 6.45. The Morgan fingerprint density at radius 1 is 0.391 bits per heavy atom. The Kier molecular flexibility index (Phi) is 17.3. The smallest absolute Gasteiger partial charge is 0.0254 e. The van der Waals surface area contributed by atoms with Crippen molar-refractivity contribution in [2.45, 2.75) is 102 Å². The highest BCUT2D eigenvalue weighted by atomic mass is 79.9. The molecule has 0 saturated heterocycles. The van der Waals surface area contributed by atoms with E-state index in [4.69, 9.17) is 11.5 Å². The van der Waals surface area contributed by atoms with Crippen LogP contribution in [0.15, 0.2) is 121 Å². The normalized spacial score (nSPS) is 21.0. The van der Waals surface area contributed by atoms with Gasteiger partial charge >= 0.3 is 0 Å². The van der Waals surface area contributed by atoms with E-state index < -0.39 is 0 Å². The fourth-order valence-corrected chi connectivity index (χ4v) is 7.04. The van der Waals surface area contributed by atoms with Crippen LogP contribution in [0.1, 0.15) is 73.6 Å². The number of hydrogen-bond acceptors (Lipinski definition) is 4. The van der Waals surface area contributed by atoms with Gasteiger partial charge in [-0.05, 0) is 47.9 Å². The molecule has 0 radical (unpaired) electrons. The van der Waals surface area contributed by atoms with Crippen LogP contribution in [-0.4, -0.2) is 34.0 Å². The van der Waals surface area contributed by atoms with Gasteiger partial charge in [0.1, 0.15) is 0 Å². The van der Waals surface area contributed by atoms with Crippen LogP contribution < -0.4 is 11.5 Å². The van der Waals surface area contributed by atoms with Crippen molar-refractivity contribution in [1.82, 2.24) is 9.80 Å². The summed E-state index contributed by atoms with van der Waals surface area (Å²) in [5, 5.41) is 0. The first-order chi connectivity index (χ1) is 21.7. The molecule has 4 atom stereocenters. The van der Waals surface area contributed by atoms with Crippen molar-refractivity contribution in [2.75, 3.05) is 0 Å². The summed E-state index contributed by atoms with van der Waals surface area (Å²) in [6, 6.07) is 44.6. The van der Waals surface area contributed by atoms with Crippen LogP contribution in [0.3, 0.4) is 0 Å². The van der Waals surface area contributed by atoms with Crippen LogP contribution in [0, 0.1) is 0 Å². The van der Waals surface area contributed by atoms with Gasteiger partial charge in [-0.1, -0.05) is 147 Å². The van der Waals surface area contributed by atoms with Gasteiger partial charge in [0.05, 0.1) is 0 Å². The van der Waals surface area contributed by atoms with E-state index in [2.05, 4.69) is 131 Å². The van der Waals surface area contributed by atoms with E-state index in [9.17, 15) is 0 Å². The minimum Gasteiger partial charge on any atom is -0.326 e. The minimum atomic E-state index is 0. The molecule has 6 rings (SSSR count). The molecule has 0 spiro atoms. The molecule has 0 bridgehead atoms. The highest BCUT2D eigenvalue weighted by Gasteiger charge is 2.29. The Hall–Kier alpha value is -2.32. The molecule has 4 nitrogen and oxygen atoms in total. The second-order valence-electron chi connectivity index (χ2n) is 12.8. The van der Waals surface area contributed by atoms with E-state index in [0.29, 0.717) is 24.2 Å². The highest BCUT2D eigenvalue weighted by Crippen LogP contribution is 2.26. The van der Waals surface area contributed by atoms with Gasteiger partial charge < -0.3 is 11.5 Å². The number of nitrogens with zero attached hydrogens (tertiary/aromatic N) is 2. The molecular weight excluding hydrogens is 696 g/mol. The van der Waals surface area contributed by atoms with Gasteiger partial charge in [-0.15, -0.1) is 34.0 Å². The summed E-state index contributed by atoms with van der Waals surface area (Å²) in [5.41, 5.74) is 18.4. The molecule has 2 aliphatic rings. The van der Waals surface area contributed by atoms with E-state index in [0.717, 1.165) is 39.0 Å². The standard InChI is InChI=1S/2C20H26N2.2BrH/c2*21-19-13-7-8-14-20(19)22(15-17-9-3-1-4-10-17)16-18-11-5-2-6-12-18;;/h2*1-6,9-12,19-20H,7-8,13-16,21H2;2*1H/t2*19-,20-;;/m00../s1. The van der Waals surface area contributed by atoms with E-state index in [1.165, 1.54) is 60.8 Å². The van der Waals surface area contributed by atoms with Gasteiger partial charge in [0.2, 0.25) is 0 Å². The molecule has 2 aliphatic carbocycles. The van der Waals surface area contributed by atoms with Crippen molar-refractivity contribution in [3.8, 4) is 0 Å². The second-order valence-corrected chi connectivity index (χ2v) is 12.8. The summed E-state index contributed by atoms with van der Waals surface area (Å²) in [6.07, 6.45) is 9.93. The maximum atomic E-state index is 6.45. The number of rotatable bonds is 10. The summed E-state index contributed by atoms with van der Waals surface area (Å²) in [4.78, 5) is 5.16. The summed E-state index contributed by atoms with van der Waals surface area (Å²) >= 11 is 0. The Morgan fingerprint density at radius 3 is 0.870 bits per heavy atom. The van der Waals surface area contributed by atoms with E-state index in [1.54, 1.807) is 0 Å². The first kappa shape index (κ1) is 38.1. The van der Waals surface area contributed by atoms with Crippen LogP contribution >= 0.6 is 34.0 Å². The Bertz CT molecular complexity index is 1140. The number of hydrogen-bond donors (Lipinski definition) is 2. The molecular formula is C40H54Br2N4. The van der Waals surface area contributed by atoms with E-state index in [-0.39, 0.29) is 34.0 Å². The second kappa shape index (κ2) is 20.8. The zero-order chi connectivity index (χ0) is 30.4. The molecule has 2 fully saturated rings. The van der Waals surface area contributed by atoms with Crippen LogP contribution in [0.2, 0.25) is 0 Å². The lowest BCUT2D eigenvalue weighted by Crippen LogP contribution is -2.48. The molecule has 4 aromatic rings. The van der Waals surface area contributed by atoms with Crippen LogP contribution in [0.5, 0.6) is 0 Å². The summed E-state index contributed by atoms with van der Waals surface area (Å²) in [6.45, 7) is 3.92. The van der Waals surface area contributed by atoms with Crippen molar-refractivity contribution in [1.29, 1.82) is 0 Å². The van der Waals surface area contributed by atoms with Crippen LogP contribution in [0.4, 0.5) is 0 Å². The lowest BCUT2D eigenvalue weighted by molar-refractivity contribution is 0.122. The third-order valence-electron chi connectivity index (χ3n) is 9.42. The molecule has 4 N–H and O–H groups in total. The molecule has 248 valence electrons. The third-order valence-corrected chi connectivity index (χ3v) is 9.42. The fraction of sp³-hybridized carbons (Fsp3) is 0.400. The summed E-state index contributed by atoms with van der Waals surface area (Å²) < 4.78 is 0. The predicted octanol–water partition coefficient (Wildman–Crippen LogP) is 9.07. The zero-order valence-corrected chi connectivity index (χ0v) is 30.6. The average Bonchev–Trinajstić information content (AvgIpc) is 3.07. The topological polar surface area (TPSA) is 58.5 Å². The quantitative estimate of drug-likeness (QED) is 0.170. The number of nitrogens with two attached hydrogens (primary N) is 2. The van der Waals surface area contributed by atoms with Gasteiger partial charge in [0.25, 0.3) is 0 Å². The lowest BCUT2D eigenvalue weighted by atomic mass is 9.89. The molecule has 6 heteroatoms. The molecule has 0 amide bonds. The first-order valence-electron chi connectivity index (χ1n) is 16.8. The lowest BCUT2D eigenvalue weighted by Gasteiger charge is -2.38. The Balaban J connectivity index is 0.000000240. The number of halogens is 2. The van der Waals surface area contributed by atoms with Crippen molar-refractivity contribution < 1.29 is 0 Å². The molecule has 0 aliphatic heterocycles. The monoisotopic (exact) mass is 748 g/mol. The van der Waals surface area contributed by atoms with Gasteiger partial charge in [0, 0.05) is 50.3 Å². The van der Waals surface area contributed by atoms with Gasteiger partial charge in [-0.3, -0.25) is 9.80 Å². The SMILES string of the molecule is Br.Br.N[C@H]1CCCC[C@@H]1N(Cc1ccccc1)Cc1ccccc1.N[C@H]1CCCC[C@@H]1N(Cc1ccccc1)Cc1ccccc1. The number of benzene rings is 4. The zero-order valence-electron chi connectivity index (χ0n) is 27.2. The van der Waals surface area contributed by atoms with Crippen molar-refractivity contribution in [3.63, 3.8) is 0 Å². The van der Waals surface area contributed by atoms with Crippen molar-refractivity contribution >= 4 is 34.0 Å². The van der Waals surface area contributed by atoms with E-state index in [1.807, 2.05) is 0 Å². The largest absolute Gasteiger partial charge is 0.326 e. The first-order valence-corrected chi connectivity index (χ1v) is 16.8. The molecule has 0 heterocycles. The van der Waals surface area contributed by atoms with Crippen LogP contribution in [0.25, 0.3) is 0 Å². The molecule has 4 aromatic carbocycles. The van der Waals surface area contributed by atoms with Crippen molar-refractivity contribution in [3.05, 3.63) is 144 Å². The maximum Gasteiger partial charge on any atom is 0.0254 e. The average molecular weight is 751 g/mol. The molecule has 0 unspecified atom stereocenters. The minimum absolute atomic E-state index is 0. The Labute approximate surface area is 299 Å². The van der Waals surface area contributed by atoms with E-state index >= 15 is 0 Å². The highest BCUT2D eigenvalue weighted by molar-refractivity contribution is 8.93. The predicted molar refractivity (Wildman–Crippen MR) is 205 cm³/mol. The van der Waals surface area contributed by atoms with Gasteiger partial charge in [0.15, 0.2) is 0 Å². The molecule has 46 heavy (non-hydrogen) atoms. The van der Waals surface area contributed by atoms with Gasteiger partial charge in [-0.25, -0.2) is 0 Å². The summed E-state index contributed by atoms with van der Waals surface area (Å²) in [5.74, 6) is 0. The van der Waals surface area contributed by atoms with Gasteiger partial charge in [-0.2, -0.15) is 0 Å². The fourth-order valence-electron chi connectivity index (χ4n) is 7.04. The summed E-state index contributed by atoms with van der Waals surface area (Å²) in [7, 11) is 0. The Morgan fingerprint density at radius 2 is 0.630 bits per heavy atom. The third kappa shape index (κ3) is 12.0.